The number of nitrogens with one attached hydrogen (secondary N) is 2. The molecule has 0 aliphatic rings. The minimum absolute atomic E-state index is 0.00330. The molecule has 2 N–H and O–H groups in total. The molecular formula is C25H20BrCl2N3O5S. The van der Waals surface area contributed by atoms with Crippen molar-refractivity contribution in [1.29, 1.82) is 5.26 Å². The monoisotopic (exact) mass is 623 g/mol. The average Bonchev–Trinajstić information content (AvgIpc) is 2.84. The van der Waals surface area contributed by atoms with Crippen LogP contribution >= 0.6 is 39.1 Å². The Bertz CT molecular complexity index is 1540. The minimum Gasteiger partial charge on any atom is -0.456 e. The highest BCUT2D eigenvalue weighted by molar-refractivity contribution is 9.10. The summed E-state index contributed by atoms with van der Waals surface area (Å²) in [4.78, 5) is 24.1. The van der Waals surface area contributed by atoms with Crippen molar-refractivity contribution in [2.75, 3.05) is 5.32 Å². The molecule has 0 aromatic heterocycles. The van der Waals surface area contributed by atoms with Crippen molar-refractivity contribution in [3.63, 3.8) is 0 Å². The number of hydrogen-bond donors (Lipinski definition) is 2. The lowest BCUT2D eigenvalue weighted by atomic mass is 10.0. The van der Waals surface area contributed by atoms with E-state index in [0.29, 0.717) is 37.7 Å². The van der Waals surface area contributed by atoms with E-state index in [2.05, 4.69) is 21.2 Å². The Morgan fingerprint density at radius 1 is 1.08 bits per heavy atom. The van der Waals surface area contributed by atoms with E-state index in [1.165, 1.54) is 25.1 Å². The third-order valence-electron chi connectivity index (χ3n) is 5.14. The molecule has 2 amide bonds. The quantitative estimate of drug-likeness (QED) is 0.311. The number of nitrogens with zero attached hydrogens (tertiary/aromatic N) is 1. The maximum absolute atomic E-state index is 12.8. The number of amides is 2. The Morgan fingerprint density at radius 2 is 1.81 bits per heavy atom. The van der Waals surface area contributed by atoms with Crippen LogP contribution in [0.5, 0.6) is 11.5 Å². The van der Waals surface area contributed by atoms with Gasteiger partial charge in [-0.1, -0.05) is 36.2 Å². The van der Waals surface area contributed by atoms with Crippen molar-refractivity contribution >= 4 is 66.7 Å². The summed E-state index contributed by atoms with van der Waals surface area (Å²) in [5.41, 5.74) is 1.90. The molecule has 0 unspecified atom stereocenters. The molecule has 3 aromatic carbocycles. The highest BCUT2D eigenvalue weighted by Gasteiger charge is 2.19. The van der Waals surface area contributed by atoms with Gasteiger partial charge < -0.3 is 10.1 Å². The molecule has 3 rings (SSSR count). The predicted molar refractivity (Wildman–Crippen MR) is 145 cm³/mol. The number of nitriles is 1. The van der Waals surface area contributed by atoms with E-state index >= 15 is 0 Å². The van der Waals surface area contributed by atoms with Gasteiger partial charge in [-0.05, 0) is 76.4 Å². The lowest BCUT2D eigenvalue weighted by Gasteiger charge is -2.15. The second-order valence-corrected chi connectivity index (χ2v) is 11.2. The van der Waals surface area contributed by atoms with Gasteiger partial charge in [0.25, 0.3) is 10.0 Å². The molecule has 0 bridgehead atoms. The number of sulfonamides is 1. The van der Waals surface area contributed by atoms with Crippen LogP contribution < -0.4 is 14.8 Å². The highest BCUT2D eigenvalue weighted by atomic mass is 79.9. The van der Waals surface area contributed by atoms with Crippen LogP contribution in [0, 0.1) is 18.3 Å². The van der Waals surface area contributed by atoms with Crippen LogP contribution in [0.15, 0.2) is 57.9 Å². The minimum atomic E-state index is -4.08. The summed E-state index contributed by atoms with van der Waals surface area (Å²) >= 11 is 15.7. The summed E-state index contributed by atoms with van der Waals surface area (Å²) in [6.07, 6.45) is -0.0271. The number of rotatable bonds is 8. The van der Waals surface area contributed by atoms with Gasteiger partial charge in [0.1, 0.15) is 11.5 Å². The lowest BCUT2D eigenvalue weighted by molar-refractivity contribution is -0.119. The smallest absolute Gasteiger partial charge is 0.264 e. The van der Waals surface area contributed by atoms with Crippen LogP contribution in [-0.4, -0.2) is 20.2 Å². The van der Waals surface area contributed by atoms with Gasteiger partial charge in [-0.15, -0.1) is 0 Å². The van der Waals surface area contributed by atoms with Crippen molar-refractivity contribution in [2.24, 2.45) is 0 Å². The molecule has 12 heteroatoms. The average molecular weight is 625 g/mol. The Labute approximate surface area is 232 Å². The summed E-state index contributed by atoms with van der Waals surface area (Å²) in [5, 5.41) is 12.2. The second-order valence-electron chi connectivity index (χ2n) is 7.80. The number of benzene rings is 3. The molecule has 0 aliphatic heterocycles. The summed E-state index contributed by atoms with van der Waals surface area (Å²) < 4.78 is 33.1. The molecule has 0 saturated carbocycles. The number of ether oxygens (including phenoxy) is 1. The van der Waals surface area contributed by atoms with E-state index in [0.717, 1.165) is 6.07 Å². The first-order valence-electron chi connectivity index (χ1n) is 10.7. The molecule has 0 aliphatic carbocycles. The first-order chi connectivity index (χ1) is 17.4. The first kappa shape index (κ1) is 28.5. The Kier molecular flexibility index (Phi) is 9.21. The van der Waals surface area contributed by atoms with Crippen molar-refractivity contribution in [1.82, 2.24) is 4.72 Å². The summed E-state index contributed by atoms with van der Waals surface area (Å²) in [5.74, 6) is -0.227. The van der Waals surface area contributed by atoms with E-state index in [4.69, 9.17) is 27.9 Å². The second kappa shape index (κ2) is 12.0. The highest BCUT2D eigenvalue weighted by Crippen LogP contribution is 2.36. The standard InChI is InChI=1S/C25H20BrCl2N3O5S/c1-3-23(32)31-37(34,35)19-5-7-22(21(28)12-19)30-24(33)10-16-4-6-20(26)25(14(16)2)36-18-9-15(13-29)8-17(27)11-18/h4-9,11-12H,3,10H2,1-2H3,(H,30,33)(H,31,32). The fourth-order valence-corrected chi connectivity index (χ4v) is 5.34. The van der Waals surface area contributed by atoms with Crippen LogP contribution in [0.3, 0.4) is 0 Å². The Balaban J connectivity index is 1.78. The number of halogens is 3. The zero-order valence-corrected chi connectivity index (χ0v) is 23.5. The van der Waals surface area contributed by atoms with E-state index < -0.39 is 21.8 Å². The van der Waals surface area contributed by atoms with Crippen LogP contribution in [0.2, 0.25) is 10.0 Å². The third kappa shape index (κ3) is 7.23. The molecule has 192 valence electrons. The van der Waals surface area contributed by atoms with E-state index in [-0.39, 0.29) is 28.4 Å². The van der Waals surface area contributed by atoms with Crippen molar-refractivity contribution in [3.05, 3.63) is 79.7 Å². The largest absolute Gasteiger partial charge is 0.456 e. The van der Waals surface area contributed by atoms with Crippen LogP contribution in [0.25, 0.3) is 0 Å². The van der Waals surface area contributed by atoms with E-state index in [1.54, 1.807) is 31.2 Å². The maximum atomic E-state index is 12.8. The molecule has 8 nitrogen and oxygen atoms in total. The Hall–Kier alpha value is -3.10. The number of anilines is 1. The van der Waals surface area contributed by atoms with Gasteiger partial charge >= 0.3 is 0 Å². The zero-order chi connectivity index (χ0) is 27.3. The van der Waals surface area contributed by atoms with E-state index in [9.17, 15) is 23.3 Å². The molecule has 0 radical (unpaired) electrons. The van der Waals surface area contributed by atoms with Crippen LogP contribution in [0.4, 0.5) is 5.69 Å². The molecule has 37 heavy (non-hydrogen) atoms. The van der Waals surface area contributed by atoms with Gasteiger partial charge in [0.05, 0.1) is 38.1 Å². The zero-order valence-electron chi connectivity index (χ0n) is 19.6. The van der Waals surface area contributed by atoms with Crippen molar-refractivity contribution in [3.8, 4) is 17.6 Å². The van der Waals surface area contributed by atoms with Gasteiger partial charge in [0.2, 0.25) is 11.8 Å². The molecule has 3 aromatic rings. The van der Waals surface area contributed by atoms with Gasteiger partial charge in [-0.3, -0.25) is 9.59 Å². The third-order valence-corrected chi connectivity index (χ3v) is 7.66. The van der Waals surface area contributed by atoms with Gasteiger partial charge in [0, 0.05) is 11.4 Å². The summed E-state index contributed by atoms with van der Waals surface area (Å²) in [7, 11) is -4.08. The molecule has 0 atom stereocenters. The number of hydrogen-bond acceptors (Lipinski definition) is 6. The van der Waals surface area contributed by atoms with E-state index in [1.807, 2.05) is 10.8 Å². The molecule has 0 saturated heterocycles. The topological polar surface area (TPSA) is 125 Å². The lowest BCUT2D eigenvalue weighted by Crippen LogP contribution is -2.29. The van der Waals surface area contributed by atoms with Gasteiger partial charge in [-0.25, -0.2) is 13.1 Å². The number of carbonyl (C=O) groups excluding carboxylic acids is 2. The summed E-state index contributed by atoms with van der Waals surface area (Å²) in [6.45, 7) is 3.32. The van der Waals surface area contributed by atoms with Crippen LogP contribution in [0.1, 0.15) is 30.0 Å². The fourth-order valence-electron chi connectivity index (χ4n) is 3.23. The molecular weight excluding hydrogens is 605 g/mol. The fraction of sp³-hybridized carbons (Fsp3) is 0.160. The maximum Gasteiger partial charge on any atom is 0.264 e. The van der Waals surface area contributed by atoms with Crippen molar-refractivity contribution in [2.45, 2.75) is 31.6 Å². The molecule has 0 spiro atoms. The van der Waals surface area contributed by atoms with Crippen molar-refractivity contribution < 1.29 is 22.7 Å². The number of carbonyl (C=O) groups is 2. The van der Waals surface area contributed by atoms with Gasteiger partial charge in [0.15, 0.2) is 0 Å². The van der Waals surface area contributed by atoms with Crippen LogP contribution in [-0.2, 0) is 26.0 Å². The SMILES string of the molecule is CCC(=O)NS(=O)(=O)c1ccc(NC(=O)Cc2ccc(Br)c(Oc3cc(Cl)cc(C#N)c3)c2C)c(Cl)c1. The molecule has 0 fully saturated rings. The van der Waals surface area contributed by atoms with Gasteiger partial charge in [-0.2, -0.15) is 5.26 Å². The predicted octanol–water partition coefficient (Wildman–Crippen LogP) is 6.12. The summed E-state index contributed by atoms with van der Waals surface area (Å²) in [6, 6.07) is 13.9. The normalized spacial score (nSPS) is 10.9. The Morgan fingerprint density at radius 3 is 2.46 bits per heavy atom. The molecule has 0 heterocycles. The first-order valence-corrected chi connectivity index (χ1v) is 13.8.